The molecule has 1 unspecified atom stereocenters. The maximum atomic E-state index is 12.6. The number of nitrogens with zero attached hydrogens (tertiary/aromatic N) is 4. The molecule has 0 saturated heterocycles. The van der Waals surface area contributed by atoms with Gasteiger partial charge in [-0.15, -0.1) is 11.3 Å². The van der Waals surface area contributed by atoms with Gasteiger partial charge in [0.05, 0.1) is 41.7 Å². The van der Waals surface area contributed by atoms with Crippen LogP contribution in [0.1, 0.15) is 11.1 Å². The van der Waals surface area contributed by atoms with E-state index in [-0.39, 0.29) is 13.2 Å². The zero-order valence-corrected chi connectivity index (χ0v) is 25.0. The highest BCUT2D eigenvalue weighted by Crippen LogP contribution is 2.46. The molecule has 1 N–H and O–H groups in total. The monoisotopic (exact) mass is 605 g/mol. The van der Waals surface area contributed by atoms with E-state index in [0.717, 1.165) is 54.1 Å². The molecule has 0 fully saturated rings. The Hall–Kier alpha value is -5.29. The number of benzene rings is 3. The molecule has 44 heavy (non-hydrogen) atoms. The summed E-state index contributed by atoms with van der Waals surface area (Å²) in [4.78, 5) is 31.0. The molecule has 1 aliphatic heterocycles. The van der Waals surface area contributed by atoms with Crippen molar-refractivity contribution in [2.75, 3.05) is 25.6 Å². The van der Waals surface area contributed by atoms with Crippen LogP contribution in [0, 0.1) is 13.8 Å². The summed E-state index contributed by atoms with van der Waals surface area (Å²) in [6.07, 6.45) is 3.86. The molecule has 0 spiro atoms. The number of amides is 1. The maximum absolute atomic E-state index is 12.6. The Kier molecular flexibility index (Phi) is 7.15. The van der Waals surface area contributed by atoms with E-state index < -0.39 is 12.2 Å². The predicted octanol–water partition coefficient (Wildman–Crippen LogP) is 6.98. The van der Waals surface area contributed by atoms with Crippen LogP contribution >= 0.6 is 11.3 Å². The van der Waals surface area contributed by atoms with Gasteiger partial charge in [0.25, 0.3) is 0 Å². The van der Waals surface area contributed by atoms with E-state index in [9.17, 15) is 4.79 Å². The Bertz CT molecular complexity index is 2030. The minimum absolute atomic E-state index is 0.0134. The van der Waals surface area contributed by atoms with E-state index in [4.69, 9.17) is 23.9 Å². The van der Waals surface area contributed by atoms with Crippen molar-refractivity contribution in [2.45, 2.75) is 20.0 Å². The molecule has 0 saturated carbocycles. The lowest BCUT2D eigenvalue weighted by atomic mass is 10.1. The number of ether oxygens (including phenoxy) is 4. The lowest BCUT2D eigenvalue weighted by Crippen LogP contribution is -2.35. The summed E-state index contributed by atoms with van der Waals surface area (Å²) in [5.74, 6) is 1.67. The van der Waals surface area contributed by atoms with Crippen molar-refractivity contribution < 1.29 is 23.7 Å². The van der Waals surface area contributed by atoms with Gasteiger partial charge in [-0.05, 0) is 54.8 Å². The quantitative estimate of drug-likeness (QED) is 0.214. The molecule has 6 aromatic rings. The number of rotatable bonds is 6. The zero-order chi connectivity index (χ0) is 30.2. The average Bonchev–Trinajstić information content (AvgIpc) is 3.50. The van der Waals surface area contributed by atoms with Gasteiger partial charge in [-0.2, -0.15) is 0 Å². The lowest BCUT2D eigenvalue weighted by molar-refractivity contribution is 0.0383. The summed E-state index contributed by atoms with van der Waals surface area (Å²) in [5, 5.41) is 3.55. The van der Waals surface area contributed by atoms with E-state index in [1.54, 1.807) is 25.7 Å². The van der Waals surface area contributed by atoms with E-state index in [1.807, 2.05) is 62.4 Å². The number of methoxy groups -OCH3 is 1. The molecule has 3 aromatic carbocycles. The summed E-state index contributed by atoms with van der Waals surface area (Å²) in [6.45, 7) is 4.23. The molecule has 3 aromatic heterocycles. The average molecular weight is 606 g/mol. The van der Waals surface area contributed by atoms with Gasteiger partial charge >= 0.3 is 6.09 Å². The first-order chi connectivity index (χ1) is 21.4. The molecule has 4 heterocycles. The molecule has 0 bridgehead atoms. The Morgan fingerprint density at radius 3 is 2.73 bits per heavy atom. The minimum atomic E-state index is -0.601. The lowest BCUT2D eigenvalue weighted by Gasteiger charge is -2.26. The molecule has 1 aliphatic rings. The van der Waals surface area contributed by atoms with Crippen LogP contribution in [-0.2, 0) is 4.74 Å². The van der Waals surface area contributed by atoms with Gasteiger partial charge in [0.1, 0.15) is 22.9 Å². The van der Waals surface area contributed by atoms with Gasteiger partial charge in [0.15, 0.2) is 17.6 Å². The van der Waals surface area contributed by atoms with Gasteiger partial charge in [-0.25, -0.2) is 19.7 Å². The molecular weight excluding hydrogens is 578 g/mol. The number of anilines is 1. The molecule has 220 valence electrons. The molecule has 0 aliphatic carbocycles. The summed E-state index contributed by atoms with van der Waals surface area (Å²) in [7, 11) is 1.57. The van der Waals surface area contributed by atoms with Crippen molar-refractivity contribution in [1.82, 2.24) is 19.9 Å². The molecule has 1 amide bonds. The SMILES string of the molecule is COc1cnc2c(-c3nc4c(C)cc5c(c4s3)OCC(COC(=O)Nc3cncc(-c4ccccc4)c3)O5)cc(C)cc2n1. The Balaban J connectivity index is 1.07. The van der Waals surface area contributed by atoms with Crippen LogP contribution in [-0.4, -0.2) is 52.5 Å². The third-order valence-corrected chi connectivity index (χ3v) is 8.27. The second-order valence-corrected chi connectivity index (χ2v) is 11.4. The van der Waals surface area contributed by atoms with Crippen molar-refractivity contribution in [1.29, 1.82) is 0 Å². The van der Waals surface area contributed by atoms with Crippen molar-refractivity contribution in [3.63, 3.8) is 0 Å². The normalized spacial score (nSPS) is 14.0. The van der Waals surface area contributed by atoms with Crippen LogP contribution in [0.2, 0.25) is 0 Å². The third-order valence-electron chi connectivity index (χ3n) is 7.19. The number of thiazole rings is 1. The van der Waals surface area contributed by atoms with Crippen molar-refractivity contribution in [3.8, 4) is 39.1 Å². The highest BCUT2D eigenvalue weighted by Gasteiger charge is 2.27. The maximum Gasteiger partial charge on any atom is 0.411 e. The Morgan fingerprint density at radius 1 is 1.02 bits per heavy atom. The summed E-state index contributed by atoms with van der Waals surface area (Å²) < 4.78 is 24.0. The summed E-state index contributed by atoms with van der Waals surface area (Å²) in [5.41, 5.74) is 7.63. The number of pyridine rings is 1. The number of fused-ring (bicyclic) bond motifs is 4. The molecule has 0 radical (unpaired) electrons. The van der Waals surface area contributed by atoms with Crippen LogP contribution in [0.3, 0.4) is 0 Å². The van der Waals surface area contributed by atoms with Gasteiger partial charge in [-0.3, -0.25) is 10.3 Å². The topological polar surface area (TPSA) is 118 Å². The van der Waals surface area contributed by atoms with Gasteiger partial charge in [-0.1, -0.05) is 30.3 Å². The fourth-order valence-corrected chi connectivity index (χ4v) is 6.28. The number of hydrogen-bond donors (Lipinski definition) is 1. The number of nitrogens with one attached hydrogen (secondary N) is 1. The highest BCUT2D eigenvalue weighted by molar-refractivity contribution is 7.22. The van der Waals surface area contributed by atoms with Crippen molar-refractivity contribution >= 4 is 44.4 Å². The molecule has 11 heteroatoms. The van der Waals surface area contributed by atoms with Crippen LogP contribution in [0.5, 0.6) is 17.4 Å². The first-order valence-corrected chi connectivity index (χ1v) is 14.8. The number of aryl methyl sites for hydroxylation is 2. The zero-order valence-electron chi connectivity index (χ0n) is 24.2. The van der Waals surface area contributed by atoms with Crippen LogP contribution in [0.25, 0.3) is 42.9 Å². The second kappa shape index (κ2) is 11.4. The first-order valence-electron chi connectivity index (χ1n) is 13.9. The fourth-order valence-electron chi connectivity index (χ4n) is 5.12. The Morgan fingerprint density at radius 2 is 1.89 bits per heavy atom. The van der Waals surface area contributed by atoms with E-state index >= 15 is 0 Å². The largest absolute Gasteiger partial charge is 0.484 e. The van der Waals surface area contributed by atoms with Crippen LogP contribution < -0.4 is 19.5 Å². The van der Waals surface area contributed by atoms with Gasteiger partial charge < -0.3 is 18.9 Å². The number of aromatic nitrogens is 4. The smallest absolute Gasteiger partial charge is 0.411 e. The van der Waals surface area contributed by atoms with E-state index in [0.29, 0.717) is 23.1 Å². The van der Waals surface area contributed by atoms with Crippen LogP contribution in [0.15, 0.2) is 73.2 Å². The minimum Gasteiger partial charge on any atom is -0.484 e. The predicted molar refractivity (Wildman–Crippen MR) is 169 cm³/mol. The second-order valence-electron chi connectivity index (χ2n) is 10.4. The highest BCUT2D eigenvalue weighted by atomic mass is 32.1. The number of carbonyl (C=O) groups is 1. The van der Waals surface area contributed by atoms with E-state index in [2.05, 4.69) is 26.3 Å². The van der Waals surface area contributed by atoms with Crippen molar-refractivity contribution in [2.24, 2.45) is 0 Å². The van der Waals surface area contributed by atoms with Crippen LogP contribution in [0.4, 0.5) is 10.5 Å². The Labute approximate surface area is 256 Å². The molecular formula is C33H27N5O5S. The van der Waals surface area contributed by atoms with Crippen molar-refractivity contribution in [3.05, 3.63) is 84.3 Å². The first kappa shape index (κ1) is 27.5. The third kappa shape index (κ3) is 5.33. The molecule has 1 atom stereocenters. The molecule has 10 nitrogen and oxygen atoms in total. The number of carbonyl (C=O) groups excluding carboxylic acids is 1. The fraction of sp³-hybridized carbons (Fsp3) is 0.182. The summed E-state index contributed by atoms with van der Waals surface area (Å²) >= 11 is 1.52. The van der Waals surface area contributed by atoms with E-state index in [1.165, 1.54) is 11.3 Å². The summed E-state index contributed by atoms with van der Waals surface area (Å²) in [6, 6.07) is 17.6. The van der Waals surface area contributed by atoms with Gasteiger partial charge in [0, 0.05) is 17.3 Å². The molecule has 7 rings (SSSR count). The van der Waals surface area contributed by atoms with Gasteiger partial charge in [0.2, 0.25) is 5.88 Å². The number of hydrogen-bond acceptors (Lipinski definition) is 10. The standard InChI is InChI=1S/C33H27N5O5S/c1-18-9-24(29-25(10-18)37-27(40-3)15-35-29)32-38-28-19(2)11-26-30(31(28)44-32)41-16-23(43-26)17-42-33(39)36-22-12-21(13-34-14-22)20-7-5-4-6-8-20/h4-15,23H,16-17H2,1-3H3,(H,36,39).